The van der Waals surface area contributed by atoms with E-state index in [1.165, 1.54) is 19.4 Å². The SMILES string of the molecule is CNCc1cc(F)cc(N2CC3CCCN3CC2C)c1. The number of hydrogen-bond acceptors (Lipinski definition) is 3. The zero-order chi connectivity index (χ0) is 14.1. The van der Waals surface area contributed by atoms with Crippen molar-refractivity contribution in [3.8, 4) is 0 Å². The molecular weight excluding hydrogens is 253 g/mol. The average molecular weight is 277 g/mol. The topological polar surface area (TPSA) is 18.5 Å². The van der Waals surface area contributed by atoms with Gasteiger partial charge in [0.1, 0.15) is 5.82 Å². The lowest BCUT2D eigenvalue weighted by atomic mass is 10.1. The van der Waals surface area contributed by atoms with Gasteiger partial charge in [-0.05, 0) is 57.1 Å². The summed E-state index contributed by atoms with van der Waals surface area (Å²) < 4.78 is 13.8. The van der Waals surface area contributed by atoms with Crippen molar-refractivity contribution in [3.63, 3.8) is 0 Å². The lowest BCUT2D eigenvalue weighted by Crippen LogP contribution is -2.55. The summed E-state index contributed by atoms with van der Waals surface area (Å²) in [7, 11) is 1.89. The maximum atomic E-state index is 13.8. The minimum atomic E-state index is -0.131. The first-order valence-electron chi connectivity index (χ1n) is 7.62. The zero-order valence-corrected chi connectivity index (χ0v) is 12.4. The molecule has 0 saturated carbocycles. The monoisotopic (exact) mass is 277 g/mol. The van der Waals surface area contributed by atoms with Crippen molar-refractivity contribution in [2.24, 2.45) is 0 Å². The van der Waals surface area contributed by atoms with E-state index < -0.39 is 0 Å². The minimum absolute atomic E-state index is 0.131. The van der Waals surface area contributed by atoms with E-state index >= 15 is 0 Å². The molecule has 2 aliphatic heterocycles. The predicted molar refractivity (Wildman–Crippen MR) is 80.6 cm³/mol. The molecule has 20 heavy (non-hydrogen) atoms. The van der Waals surface area contributed by atoms with Crippen molar-refractivity contribution < 1.29 is 4.39 Å². The fraction of sp³-hybridized carbons (Fsp3) is 0.625. The van der Waals surface area contributed by atoms with E-state index in [9.17, 15) is 4.39 Å². The first-order valence-corrected chi connectivity index (χ1v) is 7.62. The summed E-state index contributed by atoms with van der Waals surface area (Å²) >= 11 is 0. The van der Waals surface area contributed by atoms with Crippen LogP contribution in [0.15, 0.2) is 18.2 Å². The number of halogens is 1. The van der Waals surface area contributed by atoms with Crippen molar-refractivity contribution in [3.05, 3.63) is 29.6 Å². The smallest absolute Gasteiger partial charge is 0.125 e. The zero-order valence-electron chi connectivity index (χ0n) is 12.4. The van der Waals surface area contributed by atoms with Crippen LogP contribution >= 0.6 is 0 Å². The predicted octanol–water partition coefficient (Wildman–Crippen LogP) is 2.22. The second kappa shape index (κ2) is 5.70. The van der Waals surface area contributed by atoms with Crippen molar-refractivity contribution in [1.29, 1.82) is 0 Å². The lowest BCUT2D eigenvalue weighted by Gasteiger charge is -2.43. The first-order chi connectivity index (χ1) is 9.67. The minimum Gasteiger partial charge on any atom is -0.366 e. The highest BCUT2D eigenvalue weighted by Gasteiger charge is 2.34. The lowest BCUT2D eigenvalue weighted by molar-refractivity contribution is 0.203. The van der Waals surface area contributed by atoms with Crippen LogP contribution in [0.25, 0.3) is 0 Å². The Morgan fingerprint density at radius 3 is 2.95 bits per heavy atom. The molecule has 3 nitrogen and oxygen atoms in total. The van der Waals surface area contributed by atoms with Crippen LogP contribution in [-0.2, 0) is 6.54 Å². The molecule has 110 valence electrons. The van der Waals surface area contributed by atoms with Crippen LogP contribution in [0.1, 0.15) is 25.3 Å². The third-order valence-corrected chi connectivity index (χ3v) is 4.59. The third kappa shape index (κ3) is 2.67. The number of anilines is 1. The normalized spacial score (nSPS) is 26.9. The van der Waals surface area contributed by atoms with Gasteiger partial charge in [0, 0.05) is 37.4 Å². The summed E-state index contributed by atoms with van der Waals surface area (Å²) in [6, 6.07) is 6.54. The Hall–Kier alpha value is -1.13. The molecule has 0 radical (unpaired) electrons. The van der Waals surface area contributed by atoms with Gasteiger partial charge in [-0.15, -0.1) is 0 Å². The molecule has 0 aliphatic carbocycles. The maximum absolute atomic E-state index is 13.8. The van der Waals surface area contributed by atoms with E-state index in [-0.39, 0.29) is 5.82 Å². The van der Waals surface area contributed by atoms with Gasteiger partial charge in [0.05, 0.1) is 0 Å². The molecule has 2 unspecified atom stereocenters. The van der Waals surface area contributed by atoms with Crippen LogP contribution in [-0.4, -0.2) is 43.7 Å². The summed E-state index contributed by atoms with van der Waals surface area (Å²) in [4.78, 5) is 4.98. The Morgan fingerprint density at radius 1 is 1.30 bits per heavy atom. The molecular formula is C16H24FN3. The molecule has 1 N–H and O–H groups in total. The van der Waals surface area contributed by atoms with Gasteiger partial charge in [-0.3, -0.25) is 4.90 Å². The van der Waals surface area contributed by atoms with E-state index in [0.717, 1.165) is 24.3 Å². The quantitative estimate of drug-likeness (QED) is 0.914. The molecule has 0 aromatic heterocycles. The Labute approximate surface area is 120 Å². The molecule has 1 aromatic carbocycles. The van der Waals surface area contributed by atoms with Crippen molar-refractivity contribution in [1.82, 2.24) is 10.2 Å². The average Bonchev–Trinajstić information content (AvgIpc) is 2.84. The largest absolute Gasteiger partial charge is 0.366 e. The number of fused-ring (bicyclic) bond motifs is 1. The Kier molecular flexibility index (Phi) is 3.94. The van der Waals surface area contributed by atoms with Crippen LogP contribution in [0.4, 0.5) is 10.1 Å². The molecule has 2 atom stereocenters. The number of nitrogens with one attached hydrogen (secondary N) is 1. The highest BCUT2D eigenvalue weighted by atomic mass is 19.1. The van der Waals surface area contributed by atoms with Gasteiger partial charge in [-0.2, -0.15) is 0 Å². The number of rotatable bonds is 3. The van der Waals surface area contributed by atoms with Gasteiger partial charge >= 0.3 is 0 Å². The van der Waals surface area contributed by atoms with E-state index in [1.807, 2.05) is 7.05 Å². The van der Waals surface area contributed by atoms with E-state index in [0.29, 0.717) is 18.6 Å². The fourth-order valence-electron chi connectivity index (χ4n) is 3.65. The van der Waals surface area contributed by atoms with Gasteiger partial charge < -0.3 is 10.2 Å². The van der Waals surface area contributed by atoms with Crippen molar-refractivity contribution in [2.45, 2.75) is 38.4 Å². The van der Waals surface area contributed by atoms with Crippen LogP contribution < -0.4 is 10.2 Å². The van der Waals surface area contributed by atoms with E-state index in [4.69, 9.17) is 0 Å². The molecule has 4 heteroatoms. The van der Waals surface area contributed by atoms with E-state index in [1.54, 1.807) is 12.1 Å². The van der Waals surface area contributed by atoms with E-state index in [2.05, 4.69) is 28.1 Å². The molecule has 2 fully saturated rings. The summed E-state index contributed by atoms with van der Waals surface area (Å²) in [5, 5.41) is 3.10. The highest BCUT2D eigenvalue weighted by Crippen LogP contribution is 2.29. The molecule has 2 aliphatic rings. The fourth-order valence-corrected chi connectivity index (χ4v) is 3.65. The number of hydrogen-bond donors (Lipinski definition) is 1. The third-order valence-electron chi connectivity index (χ3n) is 4.59. The molecule has 0 amide bonds. The van der Waals surface area contributed by atoms with Gasteiger partial charge in [-0.1, -0.05) is 0 Å². The Balaban J connectivity index is 1.84. The van der Waals surface area contributed by atoms with Crippen molar-refractivity contribution in [2.75, 3.05) is 31.6 Å². The van der Waals surface area contributed by atoms with Crippen LogP contribution in [0, 0.1) is 5.82 Å². The molecule has 0 bridgehead atoms. The van der Waals surface area contributed by atoms with Gasteiger partial charge in [0.15, 0.2) is 0 Å². The van der Waals surface area contributed by atoms with Gasteiger partial charge in [-0.25, -0.2) is 4.39 Å². The summed E-state index contributed by atoms with van der Waals surface area (Å²) in [5.41, 5.74) is 2.05. The van der Waals surface area contributed by atoms with Crippen LogP contribution in [0.5, 0.6) is 0 Å². The molecule has 2 heterocycles. The number of piperazine rings is 1. The maximum Gasteiger partial charge on any atom is 0.125 e. The molecule has 0 spiro atoms. The number of benzene rings is 1. The molecule has 2 saturated heterocycles. The second-order valence-electron chi connectivity index (χ2n) is 6.14. The summed E-state index contributed by atoms with van der Waals surface area (Å²) in [6.07, 6.45) is 2.58. The molecule has 1 aromatic rings. The van der Waals surface area contributed by atoms with Gasteiger partial charge in [0.2, 0.25) is 0 Å². The Bertz CT molecular complexity index is 477. The second-order valence-corrected chi connectivity index (χ2v) is 6.14. The summed E-state index contributed by atoms with van der Waals surface area (Å²) in [6.45, 7) is 6.32. The highest BCUT2D eigenvalue weighted by molar-refractivity contribution is 5.51. The van der Waals surface area contributed by atoms with Gasteiger partial charge in [0.25, 0.3) is 0 Å². The summed E-state index contributed by atoms with van der Waals surface area (Å²) in [5.74, 6) is -0.131. The van der Waals surface area contributed by atoms with Crippen molar-refractivity contribution >= 4 is 5.69 Å². The molecule has 3 rings (SSSR count). The first kappa shape index (κ1) is 13.8. The van der Waals surface area contributed by atoms with Crippen LogP contribution in [0.2, 0.25) is 0 Å². The van der Waals surface area contributed by atoms with Crippen LogP contribution in [0.3, 0.4) is 0 Å². The number of nitrogens with zero attached hydrogens (tertiary/aromatic N) is 2. The standard InChI is InChI=1S/C16H24FN3/c1-12-10-19-5-3-4-15(19)11-20(12)16-7-13(9-18-2)6-14(17)8-16/h6-8,12,15,18H,3-5,9-11H2,1-2H3. The Morgan fingerprint density at radius 2 is 2.15 bits per heavy atom.